The summed E-state index contributed by atoms with van der Waals surface area (Å²) in [5, 5.41) is 5.83. The lowest BCUT2D eigenvalue weighted by atomic mass is 10.1. The third kappa shape index (κ3) is 5.05. The Morgan fingerprint density at radius 2 is 1.77 bits per heavy atom. The van der Waals surface area contributed by atoms with Gasteiger partial charge in [0.1, 0.15) is 5.75 Å². The van der Waals surface area contributed by atoms with Gasteiger partial charge in [-0.2, -0.15) is 0 Å². The third-order valence-corrected chi connectivity index (χ3v) is 5.59. The number of para-hydroxylation sites is 2. The van der Waals surface area contributed by atoms with Crippen LogP contribution in [-0.4, -0.2) is 30.9 Å². The summed E-state index contributed by atoms with van der Waals surface area (Å²) in [4.78, 5) is 38.7. The number of anilines is 2. The van der Waals surface area contributed by atoms with Gasteiger partial charge < -0.3 is 20.3 Å². The zero-order valence-electron chi connectivity index (χ0n) is 17.6. The molecule has 0 spiro atoms. The van der Waals surface area contributed by atoms with E-state index in [0.29, 0.717) is 31.1 Å². The normalized spacial score (nSPS) is 18.0. The molecule has 2 N–H and O–H groups in total. The number of carbonyl (C=O) groups is 3. The summed E-state index contributed by atoms with van der Waals surface area (Å²) in [6, 6.07) is 14.8. The number of carbonyl (C=O) groups excluding carboxylic acids is 3. The molecule has 1 unspecified atom stereocenters. The van der Waals surface area contributed by atoms with E-state index in [2.05, 4.69) is 10.6 Å². The van der Waals surface area contributed by atoms with Crippen molar-refractivity contribution in [1.29, 1.82) is 0 Å². The zero-order chi connectivity index (χ0) is 21.8. The van der Waals surface area contributed by atoms with Crippen molar-refractivity contribution in [1.82, 2.24) is 5.32 Å². The summed E-state index contributed by atoms with van der Waals surface area (Å²) in [6.07, 6.45) is 2.11. The fraction of sp³-hybridized carbons (Fsp3) is 0.375. The van der Waals surface area contributed by atoms with Crippen molar-refractivity contribution < 1.29 is 19.1 Å². The molecule has 1 aliphatic heterocycles. The molecule has 1 saturated heterocycles. The lowest BCUT2D eigenvalue weighted by Gasteiger charge is -2.20. The highest BCUT2D eigenvalue weighted by Gasteiger charge is 2.36. The minimum Gasteiger partial charge on any atom is -0.492 e. The highest BCUT2D eigenvalue weighted by molar-refractivity contribution is 6.01. The molecule has 3 amide bonds. The van der Waals surface area contributed by atoms with E-state index in [0.717, 1.165) is 24.1 Å². The number of rotatable bonds is 8. The Bertz CT molecular complexity index is 969. The van der Waals surface area contributed by atoms with Crippen LogP contribution in [0.15, 0.2) is 48.5 Å². The average molecular weight is 421 g/mol. The molecule has 0 radical (unpaired) electrons. The fourth-order valence-electron chi connectivity index (χ4n) is 3.70. The lowest BCUT2D eigenvalue weighted by Crippen LogP contribution is -2.32. The number of ether oxygens (including phenoxy) is 1. The smallest absolute Gasteiger partial charge is 0.227 e. The summed E-state index contributed by atoms with van der Waals surface area (Å²) in [6.45, 7) is 3.11. The van der Waals surface area contributed by atoms with Crippen molar-refractivity contribution in [3.8, 4) is 5.75 Å². The highest BCUT2D eigenvalue weighted by Crippen LogP contribution is 2.33. The second-order valence-corrected chi connectivity index (χ2v) is 7.98. The van der Waals surface area contributed by atoms with Crippen LogP contribution in [0.2, 0.25) is 0 Å². The van der Waals surface area contributed by atoms with Gasteiger partial charge in [-0.1, -0.05) is 24.3 Å². The Kier molecular flexibility index (Phi) is 6.21. The molecule has 31 heavy (non-hydrogen) atoms. The standard InChI is InChI=1S/C24H27N3O4/c1-2-31-21-6-4-3-5-20(21)27-15-18(13-22(27)28)23(29)25-14-16-7-11-19(12-8-16)26-24(30)17-9-10-17/h3-8,11-12,17-18H,2,9-10,13-15H2,1H3,(H,25,29)(H,26,30). The Hall–Kier alpha value is -3.35. The predicted molar refractivity (Wildman–Crippen MR) is 118 cm³/mol. The molecule has 2 aromatic carbocycles. The van der Waals surface area contributed by atoms with Gasteiger partial charge in [0.25, 0.3) is 0 Å². The molecule has 1 aliphatic carbocycles. The van der Waals surface area contributed by atoms with Gasteiger partial charge in [-0.25, -0.2) is 0 Å². The summed E-state index contributed by atoms with van der Waals surface area (Å²) in [5.41, 5.74) is 2.39. The molecule has 7 heteroatoms. The molecule has 1 atom stereocenters. The van der Waals surface area contributed by atoms with E-state index in [1.165, 1.54) is 0 Å². The molecule has 4 rings (SSSR count). The van der Waals surface area contributed by atoms with Gasteiger partial charge >= 0.3 is 0 Å². The van der Waals surface area contributed by atoms with Crippen molar-refractivity contribution >= 4 is 29.1 Å². The number of nitrogens with zero attached hydrogens (tertiary/aromatic N) is 1. The number of amides is 3. The van der Waals surface area contributed by atoms with Crippen LogP contribution in [0.4, 0.5) is 11.4 Å². The van der Waals surface area contributed by atoms with Gasteiger partial charge in [0, 0.05) is 31.1 Å². The molecule has 0 aromatic heterocycles. The molecule has 7 nitrogen and oxygen atoms in total. The largest absolute Gasteiger partial charge is 0.492 e. The number of benzene rings is 2. The average Bonchev–Trinajstić information content (AvgIpc) is 3.56. The van der Waals surface area contributed by atoms with Gasteiger partial charge in [-0.15, -0.1) is 0 Å². The molecule has 1 saturated carbocycles. The van der Waals surface area contributed by atoms with E-state index in [1.807, 2.05) is 55.5 Å². The first kappa shape index (κ1) is 20.9. The minimum atomic E-state index is -0.403. The van der Waals surface area contributed by atoms with Crippen LogP contribution in [0, 0.1) is 11.8 Å². The monoisotopic (exact) mass is 421 g/mol. The minimum absolute atomic E-state index is 0.0717. The topological polar surface area (TPSA) is 87.7 Å². The van der Waals surface area contributed by atoms with Crippen molar-refractivity contribution in [2.24, 2.45) is 11.8 Å². The zero-order valence-corrected chi connectivity index (χ0v) is 17.6. The maximum absolute atomic E-state index is 12.7. The second-order valence-electron chi connectivity index (χ2n) is 7.98. The predicted octanol–water partition coefficient (Wildman–Crippen LogP) is 3.10. The first-order valence-electron chi connectivity index (χ1n) is 10.7. The maximum atomic E-state index is 12.7. The van der Waals surface area contributed by atoms with Crippen LogP contribution in [-0.2, 0) is 20.9 Å². The number of hydrogen-bond acceptors (Lipinski definition) is 4. The molecule has 2 fully saturated rings. The highest BCUT2D eigenvalue weighted by atomic mass is 16.5. The molecular weight excluding hydrogens is 394 g/mol. The molecule has 2 aliphatic rings. The lowest BCUT2D eigenvalue weighted by molar-refractivity contribution is -0.126. The van der Waals surface area contributed by atoms with Crippen LogP contribution >= 0.6 is 0 Å². The van der Waals surface area contributed by atoms with E-state index in [4.69, 9.17) is 4.74 Å². The van der Waals surface area contributed by atoms with Crippen LogP contribution in [0.25, 0.3) is 0 Å². The molecular formula is C24H27N3O4. The SMILES string of the molecule is CCOc1ccccc1N1CC(C(=O)NCc2ccc(NC(=O)C3CC3)cc2)CC1=O. The van der Waals surface area contributed by atoms with E-state index >= 15 is 0 Å². The van der Waals surface area contributed by atoms with Crippen molar-refractivity contribution in [2.45, 2.75) is 32.7 Å². The Balaban J connectivity index is 1.31. The van der Waals surface area contributed by atoms with Crippen molar-refractivity contribution in [2.75, 3.05) is 23.4 Å². The summed E-state index contributed by atoms with van der Waals surface area (Å²) in [5.74, 6) is 0.252. The first-order valence-corrected chi connectivity index (χ1v) is 10.7. The van der Waals surface area contributed by atoms with Crippen LogP contribution < -0.4 is 20.3 Å². The van der Waals surface area contributed by atoms with Gasteiger partial charge in [-0.3, -0.25) is 14.4 Å². The van der Waals surface area contributed by atoms with Crippen molar-refractivity contribution in [3.63, 3.8) is 0 Å². The number of hydrogen-bond donors (Lipinski definition) is 2. The quantitative estimate of drug-likeness (QED) is 0.686. The van der Waals surface area contributed by atoms with E-state index in [1.54, 1.807) is 4.90 Å². The van der Waals surface area contributed by atoms with Crippen LogP contribution in [0.5, 0.6) is 5.75 Å². The Morgan fingerprint density at radius 3 is 2.48 bits per heavy atom. The van der Waals surface area contributed by atoms with E-state index in [9.17, 15) is 14.4 Å². The van der Waals surface area contributed by atoms with Crippen molar-refractivity contribution in [3.05, 3.63) is 54.1 Å². The van der Waals surface area contributed by atoms with E-state index in [-0.39, 0.29) is 30.1 Å². The summed E-state index contributed by atoms with van der Waals surface area (Å²) < 4.78 is 5.63. The Morgan fingerprint density at radius 1 is 1.03 bits per heavy atom. The Labute approximate surface area is 181 Å². The molecule has 2 aromatic rings. The molecule has 1 heterocycles. The van der Waals surface area contributed by atoms with Gasteiger partial charge in [0.05, 0.1) is 18.2 Å². The second kappa shape index (κ2) is 9.20. The third-order valence-electron chi connectivity index (χ3n) is 5.59. The number of nitrogens with one attached hydrogen (secondary N) is 2. The molecule has 162 valence electrons. The maximum Gasteiger partial charge on any atom is 0.227 e. The van der Waals surface area contributed by atoms with Gasteiger partial charge in [0.2, 0.25) is 17.7 Å². The summed E-state index contributed by atoms with van der Waals surface area (Å²) in [7, 11) is 0. The van der Waals surface area contributed by atoms with Crippen LogP contribution in [0.1, 0.15) is 31.7 Å². The van der Waals surface area contributed by atoms with E-state index < -0.39 is 5.92 Å². The van der Waals surface area contributed by atoms with Gasteiger partial charge in [0.15, 0.2) is 0 Å². The fourth-order valence-corrected chi connectivity index (χ4v) is 3.70. The molecule has 0 bridgehead atoms. The summed E-state index contributed by atoms with van der Waals surface area (Å²) >= 11 is 0. The first-order chi connectivity index (χ1) is 15.0. The van der Waals surface area contributed by atoms with Crippen LogP contribution in [0.3, 0.4) is 0 Å². The van der Waals surface area contributed by atoms with Gasteiger partial charge in [-0.05, 0) is 49.6 Å².